The number of carbonyl (C=O) groups excluding carboxylic acids is 1. The normalized spacial score (nSPS) is 10.4. The molecule has 72 valence electrons. The molecule has 0 fully saturated rings. The molecule has 2 rings (SSSR count). The van der Waals surface area contributed by atoms with E-state index in [4.69, 9.17) is 4.52 Å². The average Bonchev–Trinajstić information content (AvgIpc) is 2.47. The minimum atomic E-state index is -0.164. The SMILES string of the molecule is CC(=O)Nc1noc2cc(Br)ccc12. The van der Waals surface area contributed by atoms with E-state index in [0.29, 0.717) is 11.4 Å². The maximum absolute atomic E-state index is 10.8. The lowest BCUT2D eigenvalue weighted by Gasteiger charge is -1.94. The smallest absolute Gasteiger partial charge is 0.222 e. The lowest BCUT2D eigenvalue weighted by molar-refractivity contribution is -0.114. The molecule has 5 heteroatoms. The predicted octanol–water partition coefficient (Wildman–Crippen LogP) is 2.55. The van der Waals surface area contributed by atoms with Crippen molar-refractivity contribution < 1.29 is 9.32 Å². The van der Waals surface area contributed by atoms with Gasteiger partial charge in [-0.2, -0.15) is 0 Å². The number of benzene rings is 1. The molecule has 1 amide bonds. The second-order valence-corrected chi connectivity index (χ2v) is 3.77. The molecule has 0 unspecified atom stereocenters. The Bertz CT molecular complexity index is 493. The van der Waals surface area contributed by atoms with Crippen molar-refractivity contribution in [2.75, 3.05) is 5.32 Å². The van der Waals surface area contributed by atoms with Crippen LogP contribution < -0.4 is 5.32 Å². The van der Waals surface area contributed by atoms with E-state index < -0.39 is 0 Å². The quantitative estimate of drug-likeness (QED) is 0.851. The summed E-state index contributed by atoms with van der Waals surface area (Å²) >= 11 is 3.32. The molecular formula is C9H7BrN2O2. The van der Waals surface area contributed by atoms with Crippen LogP contribution in [0.15, 0.2) is 27.2 Å². The van der Waals surface area contributed by atoms with Crippen LogP contribution in [0.4, 0.5) is 5.82 Å². The van der Waals surface area contributed by atoms with Gasteiger partial charge in [0.15, 0.2) is 11.4 Å². The minimum Gasteiger partial charge on any atom is -0.354 e. The molecule has 1 aromatic heterocycles. The average molecular weight is 255 g/mol. The van der Waals surface area contributed by atoms with E-state index in [-0.39, 0.29) is 5.91 Å². The fourth-order valence-corrected chi connectivity index (χ4v) is 1.51. The molecule has 0 aliphatic carbocycles. The van der Waals surface area contributed by atoms with E-state index in [1.807, 2.05) is 12.1 Å². The fraction of sp³-hybridized carbons (Fsp3) is 0.111. The summed E-state index contributed by atoms with van der Waals surface area (Å²) in [6.07, 6.45) is 0. The van der Waals surface area contributed by atoms with Gasteiger partial charge in [-0.3, -0.25) is 4.79 Å². The number of anilines is 1. The van der Waals surface area contributed by atoms with Crippen LogP contribution in [0.1, 0.15) is 6.92 Å². The number of hydrogen-bond donors (Lipinski definition) is 1. The van der Waals surface area contributed by atoms with Crippen LogP contribution in [0, 0.1) is 0 Å². The van der Waals surface area contributed by atoms with Gasteiger partial charge in [-0.25, -0.2) is 0 Å². The highest BCUT2D eigenvalue weighted by molar-refractivity contribution is 9.10. The number of carbonyl (C=O) groups is 1. The predicted molar refractivity (Wildman–Crippen MR) is 56.0 cm³/mol. The van der Waals surface area contributed by atoms with Gasteiger partial charge in [-0.15, -0.1) is 0 Å². The first-order valence-electron chi connectivity index (χ1n) is 3.99. The summed E-state index contributed by atoms with van der Waals surface area (Å²) in [4.78, 5) is 10.8. The molecule has 0 bridgehead atoms. The zero-order chi connectivity index (χ0) is 10.1. The number of nitrogens with one attached hydrogen (secondary N) is 1. The van der Waals surface area contributed by atoms with Gasteiger partial charge < -0.3 is 9.84 Å². The van der Waals surface area contributed by atoms with E-state index in [9.17, 15) is 4.79 Å². The van der Waals surface area contributed by atoms with Gasteiger partial charge in [0.05, 0.1) is 5.39 Å². The van der Waals surface area contributed by atoms with Gasteiger partial charge >= 0.3 is 0 Å². The Balaban J connectivity index is 2.52. The van der Waals surface area contributed by atoms with Crippen LogP contribution in [-0.2, 0) is 4.79 Å². The summed E-state index contributed by atoms with van der Waals surface area (Å²) in [5, 5.41) is 7.13. The van der Waals surface area contributed by atoms with Crippen molar-refractivity contribution in [3.63, 3.8) is 0 Å². The Morgan fingerprint density at radius 2 is 2.36 bits per heavy atom. The van der Waals surface area contributed by atoms with E-state index in [1.165, 1.54) is 6.92 Å². The molecule has 0 radical (unpaired) electrons. The summed E-state index contributed by atoms with van der Waals surface area (Å²) in [7, 11) is 0. The lowest BCUT2D eigenvalue weighted by atomic mass is 10.2. The fourth-order valence-electron chi connectivity index (χ4n) is 1.17. The van der Waals surface area contributed by atoms with Crippen molar-refractivity contribution in [2.24, 2.45) is 0 Å². The Morgan fingerprint density at radius 1 is 1.57 bits per heavy atom. The Labute approximate surface area is 88.4 Å². The van der Waals surface area contributed by atoms with E-state index in [0.717, 1.165) is 9.86 Å². The Hall–Kier alpha value is -1.36. The molecular weight excluding hydrogens is 248 g/mol. The monoisotopic (exact) mass is 254 g/mol. The van der Waals surface area contributed by atoms with E-state index in [1.54, 1.807) is 6.07 Å². The molecule has 1 heterocycles. The molecule has 1 N–H and O–H groups in total. The number of fused-ring (bicyclic) bond motifs is 1. The molecule has 0 aliphatic heterocycles. The summed E-state index contributed by atoms with van der Waals surface area (Å²) < 4.78 is 5.95. The van der Waals surface area contributed by atoms with Crippen molar-refractivity contribution in [3.8, 4) is 0 Å². The van der Waals surface area contributed by atoms with E-state index in [2.05, 4.69) is 26.4 Å². The molecule has 0 spiro atoms. The van der Waals surface area contributed by atoms with Gasteiger partial charge in [0.1, 0.15) is 0 Å². The van der Waals surface area contributed by atoms with Crippen LogP contribution in [0.2, 0.25) is 0 Å². The first-order chi connectivity index (χ1) is 6.66. The summed E-state index contributed by atoms with van der Waals surface area (Å²) in [5.74, 6) is 0.295. The molecule has 0 saturated carbocycles. The minimum absolute atomic E-state index is 0.164. The van der Waals surface area contributed by atoms with Crippen LogP contribution in [-0.4, -0.2) is 11.1 Å². The molecule has 4 nitrogen and oxygen atoms in total. The highest BCUT2D eigenvalue weighted by Gasteiger charge is 2.08. The zero-order valence-corrected chi connectivity index (χ0v) is 8.96. The second kappa shape index (κ2) is 3.42. The summed E-state index contributed by atoms with van der Waals surface area (Å²) in [6.45, 7) is 1.43. The summed E-state index contributed by atoms with van der Waals surface area (Å²) in [5.41, 5.74) is 0.642. The maximum Gasteiger partial charge on any atom is 0.222 e. The second-order valence-electron chi connectivity index (χ2n) is 2.85. The standard InChI is InChI=1S/C9H7BrN2O2/c1-5(13)11-9-7-3-2-6(10)4-8(7)14-12-9/h2-4H,1H3,(H,11,12,13). The summed E-state index contributed by atoms with van der Waals surface area (Å²) in [6, 6.07) is 5.50. The largest absolute Gasteiger partial charge is 0.354 e. The molecule has 0 saturated heterocycles. The first kappa shape index (κ1) is 9.21. The van der Waals surface area contributed by atoms with Crippen molar-refractivity contribution >= 4 is 38.6 Å². The molecule has 2 aromatic rings. The van der Waals surface area contributed by atoms with Crippen molar-refractivity contribution in [1.82, 2.24) is 5.16 Å². The van der Waals surface area contributed by atoms with Crippen molar-refractivity contribution in [1.29, 1.82) is 0 Å². The highest BCUT2D eigenvalue weighted by atomic mass is 79.9. The maximum atomic E-state index is 10.8. The van der Waals surface area contributed by atoms with Crippen LogP contribution in [0.25, 0.3) is 11.0 Å². The molecule has 14 heavy (non-hydrogen) atoms. The van der Waals surface area contributed by atoms with Crippen LogP contribution >= 0.6 is 15.9 Å². The topological polar surface area (TPSA) is 55.1 Å². The number of nitrogens with zero attached hydrogens (tertiary/aromatic N) is 1. The molecule has 0 atom stereocenters. The molecule has 1 aromatic carbocycles. The number of amides is 1. The number of halogens is 1. The van der Waals surface area contributed by atoms with Gasteiger partial charge in [-0.1, -0.05) is 21.1 Å². The van der Waals surface area contributed by atoms with Crippen LogP contribution in [0.3, 0.4) is 0 Å². The number of hydrogen-bond acceptors (Lipinski definition) is 3. The highest BCUT2D eigenvalue weighted by Crippen LogP contribution is 2.25. The van der Waals surface area contributed by atoms with E-state index >= 15 is 0 Å². The third kappa shape index (κ3) is 1.63. The zero-order valence-electron chi connectivity index (χ0n) is 7.37. The lowest BCUT2D eigenvalue weighted by Crippen LogP contribution is -2.05. The van der Waals surface area contributed by atoms with Gasteiger partial charge in [0.2, 0.25) is 5.91 Å². The van der Waals surface area contributed by atoms with Gasteiger partial charge in [-0.05, 0) is 18.2 Å². The number of aromatic nitrogens is 1. The van der Waals surface area contributed by atoms with Crippen LogP contribution in [0.5, 0.6) is 0 Å². The third-order valence-electron chi connectivity index (χ3n) is 1.73. The first-order valence-corrected chi connectivity index (χ1v) is 4.78. The Kier molecular flexibility index (Phi) is 2.25. The van der Waals surface area contributed by atoms with Crippen molar-refractivity contribution in [3.05, 3.63) is 22.7 Å². The van der Waals surface area contributed by atoms with Gasteiger partial charge in [0.25, 0.3) is 0 Å². The van der Waals surface area contributed by atoms with Gasteiger partial charge in [0, 0.05) is 11.4 Å². The Morgan fingerprint density at radius 3 is 3.07 bits per heavy atom. The third-order valence-corrected chi connectivity index (χ3v) is 2.22. The van der Waals surface area contributed by atoms with Crippen molar-refractivity contribution in [2.45, 2.75) is 6.92 Å². The molecule has 0 aliphatic rings. The number of rotatable bonds is 1.